The van der Waals surface area contributed by atoms with Gasteiger partial charge in [0.25, 0.3) is 0 Å². The van der Waals surface area contributed by atoms with Crippen LogP contribution in [0.1, 0.15) is 19.3 Å². The zero-order chi connectivity index (χ0) is 18.0. The number of hydrogen-bond donors (Lipinski definition) is 1. The van der Waals surface area contributed by atoms with E-state index < -0.39 is 27.9 Å². The molecule has 2 saturated heterocycles. The highest BCUT2D eigenvalue weighted by molar-refractivity contribution is 7.89. The predicted octanol–water partition coefficient (Wildman–Crippen LogP) is 1.48. The van der Waals surface area contributed by atoms with Crippen LogP contribution in [0, 0.1) is 11.7 Å². The Hall–Kier alpha value is -1.71. The summed E-state index contributed by atoms with van der Waals surface area (Å²) in [6.07, 6.45) is 1.56. The van der Waals surface area contributed by atoms with E-state index in [-0.39, 0.29) is 29.5 Å². The molecule has 1 N–H and O–H groups in total. The van der Waals surface area contributed by atoms with Crippen LogP contribution in [0.5, 0.6) is 5.75 Å². The molecule has 9 heteroatoms. The van der Waals surface area contributed by atoms with Gasteiger partial charge in [0.2, 0.25) is 10.0 Å². The van der Waals surface area contributed by atoms with Crippen LogP contribution >= 0.6 is 0 Å². The van der Waals surface area contributed by atoms with Gasteiger partial charge in [0.1, 0.15) is 6.04 Å². The van der Waals surface area contributed by atoms with Crippen molar-refractivity contribution in [2.45, 2.75) is 30.2 Å². The average Bonchev–Trinajstić information content (AvgIpc) is 3.25. The quantitative estimate of drug-likeness (QED) is 0.812. The molecule has 0 amide bonds. The number of rotatable bonds is 6. The van der Waals surface area contributed by atoms with E-state index in [1.54, 1.807) is 0 Å². The lowest BCUT2D eigenvalue weighted by molar-refractivity contribution is -0.140. The summed E-state index contributed by atoms with van der Waals surface area (Å²) in [6, 6.07) is 2.29. The minimum Gasteiger partial charge on any atom is -0.490 e. The zero-order valence-electron chi connectivity index (χ0n) is 13.6. The number of hydrogen-bond acceptors (Lipinski definition) is 5. The van der Waals surface area contributed by atoms with E-state index in [0.29, 0.717) is 26.2 Å². The third-order valence-electron chi connectivity index (χ3n) is 4.50. The SMILES string of the molecule is O=C(O)[C@H]1CCCN1S(=O)(=O)c1ccc(OCC2CCOC2)c(F)c1. The number of aliphatic carboxylic acids is 1. The summed E-state index contributed by atoms with van der Waals surface area (Å²) in [5.41, 5.74) is 0. The first kappa shape index (κ1) is 18.1. The van der Waals surface area contributed by atoms with Crippen LogP contribution in [0.25, 0.3) is 0 Å². The molecular weight excluding hydrogens is 353 g/mol. The standard InChI is InChI=1S/C16H20FNO6S/c17-13-8-12(3-4-15(13)24-10-11-5-7-23-9-11)25(21,22)18-6-1-2-14(18)16(19)20/h3-4,8,11,14H,1-2,5-7,9-10H2,(H,19,20)/t11?,14-/m1/s1. The monoisotopic (exact) mass is 373 g/mol. The first-order chi connectivity index (χ1) is 11.9. The van der Waals surface area contributed by atoms with Crippen LogP contribution in [0.4, 0.5) is 4.39 Å². The second-order valence-electron chi connectivity index (χ2n) is 6.24. The van der Waals surface area contributed by atoms with Crippen molar-refractivity contribution in [2.24, 2.45) is 5.92 Å². The van der Waals surface area contributed by atoms with Crippen molar-refractivity contribution in [2.75, 3.05) is 26.4 Å². The number of sulfonamides is 1. The Bertz CT molecular complexity index is 747. The van der Waals surface area contributed by atoms with Gasteiger partial charge in [-0.15, -0.1) is 0 Å². The van der Waals surface area contributed by atoms with Crippen LogP contribution in [-0.4, -0.2) is 56.2 Å². The van der Waals surface area contributed by atoms with E-state index in [4.69, 9.17) is 14.6 Å². The van der Waals surface area contributed by atoms with Gasteiger partial charge in [-0.1, -0.05) is 0 Å². The minimum absolute atomic E-state index is 0.0259. The van der Waals surface area contributed by atoms with Gasteiger partial charge in [0, 0.05) is 19.1 Å². The highest BCUT2D eigenvalue weighted by Crippen LogP contribution is 2.29. The van der Waals surface area contributed by atoms with Crippen LogP contribution in [-0.2, 0) is 19.6 Å². The molecule has 2 aliphatic heterocycles. The first-order valence-electron chi connectivity index (χ1n) is 8.14. The molecule has 0 bridgehead atoms. The third-order valence-corrected chi connectivity index (χ3v) is 6.40. The van der Waals surface area contributed by atoms with Crippen molar-refractivity contribution < 1.29 is 32.2 Å². The normalized spacial score (nSPS) is 24.5. The van der Waals surface area contributed by atoms with Gasteiger partial charge in [-0.3, -0.25) is 4.79 Å². The van der Waals surface area contributed by atoms with E-state index in [9.17, 15) is 17.6 Å². The summed E-state index contributed by atoms with van der Waals surface area (Å²) >= 11 is 0. The fourth-order valence-corrected chi connectivity index (χ4v) is 4.75. The van der Waals surface area contributed by atoms with E-state index in [1.165, 1.54) is 12.1 Å². The Balaban J connectivity index is 1.75. The Morgan fingerprint density at radius 3 is 2.84 bits per heavy atom. The summed E-state index contributed by atoms with van der Waals surface area (Å²) in [5, 5.41) is 9.16. The Kier molecular flexibility index (Phi) is 5.26. The van der Waals surface area contributed by atoms with Gasteiger partial charge in [0.05, 0.1) is 18.1 Å². The number of nitrogens with zero attached hydrogens (tertiary/aromatic N) is 1. The van der Waals surface area contributed by atoms with Crippen molar-refractivity contribution in [3.8, 4) is 5.75 Å². The number of benzene rings is 1. The largest absolute Gasteiger partial charge is 0.490 e. The Labute approximate surface area is 145 Å². The maximum Gasteiger partial charge on any atom is 0.322 e. The molecule has 2 aliphatic rings. The lowest BCUT2D eigenvalue weighted by Gasteiger charge is -2.21. The van der Waals surface area contributed by atoms with Crippen LogP contribution < -0.4 is 4.74 Å². The predicted molar refractivity (Wildman–Crippen MR) is 85.4 cm³/mol. The van der Waals surface area contributed by atoms with Crippen molar-refractivity contribution in [3.63, 3.8) is 0 Å². The molecule has 0 aliphatic carbocycles. The maximum atomic E-state index is 14.2. The average molecular weight is 373 g/mol. The number of halogens is 1. The molecule has 1 aromatic carbocycles. The van der Waals surface area contributed by atoms with Gasteiger partial charge in [-0.05, 0) is 37.5 Å². The Morgan fingerprint density at radius 1 is 1.40 bits per heavy atom. The Morgan fingerprint density at radius 2 is 2.20 bits per heavy atom. The lowest BCUT2D eigenvalue weighted by atomic mass is 10.1. The van der Waals surface area contributed by atoms with Crippen molar-refractivity contribution in [1.82, 2.24) is 4.31 Å². The molecular formula is C16H20FNO6S. The molecule has 0 spiro atoms. The molecule has 0 saturated carbocycles. The number of carbonyl (C=O) groups is 1. The van der Waals surface area contributed by atoms with E-state index in [1.807, 2.05) is 0 Å². The summed E-state index contributed by atoms with van der Waals surface area (Å²) in [4.78, 5) is 10.9. The van der Waals surface area contributed by atoms with Crippen LogP contribution in [0.15, 0.2) is 23.1 Å². The molecule has 0 aromatic heterocycles. The third kappa shape index (κ3) is 3.78. The van der Waals surface area contributed by atoms with Crippen LogP contribution in [0.2, 0.25) is 0 Å². The molecule has 7 nitrogen and oxygen atoms in total. The van der Waals surface area contributed by atoms with E-state index in [2.05, 4.69) is 0 Å². The zero-order valence-corrected chi connectivity index (χ0v) is 14.4. The number of carboxylic acid groups (broad SMARTS) is 1. The summed E-state index contributed by atoms with van der Waals surface area (Å²) in [6.45, 7) is 1.64. The molecule has 2 fully saturated rings. The summed E-state index contributed by atoms with van der Waals surface area (Å²) < 4.78 is 51.0. The van der Waals surface area contributed by atoms with Gasteiger partial charge in [-0.2, -0.15) is 4.31 Å². The van der Waals surface area contributed by atoms with Gasteiger partial charge in [0.15, 0.2) is 11.6 Å². The highest BCUT2D eigenvalue weighted by Gasteiger charge is 2.39. The molecule has 25 heavy (non-hydrogen) atoms. The molecule has 2 atom stereocenters. The second-order valence-corrected chi connectivity index (χ2v) is 8.14. The van der Waals surface area contributed by atoms with Crippen molar-refractivity contribution >= 4 is 16.0 Å². The van der Waals surface area contributed by atoms with Gasteiger partial charge >= 0.3 is 5.97 Å². The topological polar surface area (TPSA) is 93.1 Å². The molecule has 0 radical (unpaired) electrons. The molecule has 2 heterocycles. The van der Waals surface area contributed by atoms with Crippen molar-refractivity contribution in [3.05, 3.63) is 24.0 Å². The molecule has 1 aromatic rings. The maximum absolute atomic E-state index is 14.2. The van der Waals surface area contributed by atoms with Gasteiger partial charge < -0.3 is 14.6 Å². The molecule has 3 rings (SSSR count). The summed E-state index contributed by atoms with van der Waals surface area (Å²) in [5.74, 6) is -1.81. The highest BCUT2D eigenvalue weighted by atomic mass is 32.2. The first-order valence-corrected chi connectivity index (χ1v) is 9.58. The second kappa shape index (κ2) is 7.27. The fraction of sp³-hybridized carbons (Fsp3) is 0.562. The van der Waals surface area contributed by atoms with Gasteiger partial charge in [-0.25, -0.2) is 12.8 Å². The molecule has 1 unspecified atom stereocenters. The van der Waals surface area contributed by atoms with E-state index >= 15 is 0 Å². The summed E-state index contributed by atoms with van der Waals surface area (Å²) in [7, 11) is -4.07. The molecule has 138 valence electrons. The van der Waals surface area contributed by atoms with Crippen molar-refractivity contribution in [1.29, 1.82) is 0 Å². The lowest BCUT2D eigenvalue weighted by Crippen LogP contribution is -2.40. The number of carboxylic acids is 1. The fourth-order valence-electron chi connectivity index (χ4n) is 3.09. The van der Waals surface area contributed by atoms with Crippen LogP contribution in [0.3, 0.4) is 0 Å². The number of ether oxygens (including phenoxy) is 2. The van der Waals surface area contributed by atoms with E-state index in [0.717, 1.165) is 16.8 Å². The minimum atomic E-state index is -4.07. The smallest absolute Gasteiger partial charge is 0.322 e.